The summed E-state index contributed by atoms with van der Waals surface area (Å²) in [6, 6.07) is 2.76. The molecule has 2 saturated heterocycles. The van der Waals surface area contributed by atoms with Crippen LogP contribution >= 0.6 is 22.9 Å². The Morgan fingerprint density at radius 3 is 2.83 bits per heavy atom. The molecule has 1 amide bonds. The van der Waals surface area contributed by atoms with E-state index in [2.05, 4.69) is 24.1 Å². The molecule has 3 nitrogen and oxygen atoms in total. The van der Waals surface area contributed by atoms with E-state index in [4.69, 9.17) is 11.6 Å². The van der Waals surface area contributed by atoms with Gasteiger partial charge >= 0.3 is 0 Å². The lowest BCUT2D eigenvalue weighted by molar-refractivity contribution is 0.0839. The lowest BCUT2D eigenvalue weighted by atomic mass is 9.85. The zero-order chi connectivity index (χ0) is 17.2. The minimum atomic E-state index is -0.812. The molecule has 1 aromatic heterocycles. The van der Waals surface area contributed by atoms with Gasteiger partial charge in [0, 0.05) is 12.1 Å². The molecule has 0 aliphatic carbocycles. The smallest absolute Gasteiger partial charge is 0.261 e. The quantitative estimate of drug-likeness (QED) is 0.809. The van der Waals surface area contributed by atoms with Gasteiger partial charge in [0.15, 0.2) is 5.82 Å². The number of hydrogen-bond acceptors (Lipinski definition) is 3. The number of benzene rings is 1. The van der Waals surface area contributed by atoms with Crippen molar-refractivity contribution in [2.75, 3.05) is 13.1 Å². The number of rotatable bonds is 2. The second-order valence-corrected chi connectivity index (χ2v) is 8.55. The summed E-state index contributed by atoms with van der Waals surface area (Å²) in [5, 5.41) is 2.94. The largest absolute Gasteiger partial charge is 0.346 e. The molecule has 0 radical (unpaired) electrons. The molecule has 3 atom stereocenters. The van der Waals surface area contributed by atoms with Gasteiger partial charge in [0.25, 0.3) is 5.91 Å². The van der Waals surface area contributed by atoms with Crippen molar-refractivity contribution in [1.29, 1.82) is 0 Å². The number of halogens is 3. The van der Waals surface area contributed by atoms with E-state index in [1.165, 1.54) is 12.1 Å². The van der Waals surface area contributed by atoms with Crippen LogP contribution < -0.4 is 5.32 Å². The summed E-state index contributed by atoms with van der Waals surface area (Å²) in [5.74, 6) is -1.41. The van der Waals surface area contributed by atoms with Crippen molar-refractivity contribution in [3.05, 3.63) is 33.7 Å². The number of nitrogens with one attached hydrogen (secondary N) is 1. The molecular weight excluding hydrogens is 354 g/mol. The lowest BCUT2D eigenvalue weighted by Gasteiger charge is -2.40. The van der Waals surface area contributed by atoms with Gasteiger partial charge in [0.1, 0.15) is 10.8 Å². The number of thiophene rings is 1. The van der Waals surface area contributed by atoms with Crippen LogP contribution in [0.25, 0.3) is 10.1 Å². The molecule has 2 aliphatic heterocycles. The number of piperidine rings is 1. The standard InChI is InChI=1S/C17H17ClF2N2OS/c1-17(2)15(8-3-4-22(17)7-8)21-16(23)11-6-9-5-10(19)12(18)13(20)14(9)24-11/h5-6,8,15H,3-4,7H2,1-2H3,(H,21,23)/t8?,15-/m1/s1. The third-order valence-corrected chi connectivity index (χ3v) is 6.92. The van der Waals surface area contributed by atoms with E-state index in [1.54, 1.807) is 0 Å². The Hall–Kier alpha value is -1.24. The minimum absolute atomic E-state index is 0.0640. The first kappa shape index (κ1) is 16.2. The summed E-state index contributed by atoms with van der Waals surface area (Å²) >= 11 is 6.62. The Kier molecular flexibility index (Phi) is 3.64. The summed E-state index contributed by atoms with van der Waals surface area (Å²) in [5.41, 5.74) is -0.0874. The molecule has 24 heavy (non-hydrogen) atoms. The third-order valence-electron chi connectivity index (χ3n) is 5.43. The Morgan fingerprint density at radius 1 is 1.42 bits per heavy atom. The molecule has 2 fully saturated rings. The van der Waals surface area contributed by atoms with Crippen LogP contribution in [0.15, 0.2) is 12.1 Å². The second-order valence-electron chi connectivity index (χ2n) is 7.11. The molecule has 0 spiro atoms. The van der Waals surface area contributed by atoms with Gasteiger partial charge in [-0.3, -0.25) is 9.69 Å². The fourth-order valence-corrected chi connectivity index (χ4v) is 5.25. The molecule has 1 aromatic carbocycles. The monoisotopic (exact) mass is 370 g/mol. The zero-order valence-corrected chi connectivity index (χ0v) is 14.9. The predicted molar refractivity (Wildman–Crippen MR) is 91.8 cm³/mol. The summed E-state index contributed by atoms with van der Waals surface area (Å²) < 4.78 is 27.9. The van der Waals surface area contributed by atoms with Gasteiger partial charge in [-0.2, -0.15) is 0 Å². The van der Waals surface area contributed by atoms with Crippen LogP contribution in [0.4, 0.5) is 8.78 Å². The van der Waals surface area contributed by atoms with Gasteiger partial charge in [-0.05, 0) is 50.2 Å². The van der Waals surface area contributed by atoms with Crippen molar-refractivity contribution in [3.8, 4) is 0 Å². The summed E-state index contributed by atoms with van der Waals surface area (Å²) in [6.45, 7) is 6.34. The summed E-state index contributed by atoms with van der Waals surface area (Å²) in [6.07, 6.45) is 1.08. The molecule has 0 saturated carbocycles. The van der Waals surface area contributed by atoms with Gasteiger partial charge in [-0.15, -0.1) is 11.3 Å². The molecule has 2 unspecified atom stereocenters. The molecule has 2 bridgehead atoms. The number of hydrogen-bond donors (Lipinski definition) is 1. The number of amides is 1. The Bertz CT molecular complexity index is 851. The molecule has 3 heterocycles. The maximum atomic E-state index is 14.1. The molecule has 128 valence electrons. The maximum absolute atomic E-state index is 14.1. The SMILES string of the molecule is CC1(C)[C@H](NC(=O)c2cc3cc(F)c(Cl)c(F)c3s2)C2CCN1C2. The molecular formula is C17H17ClF2N2OS. The van der Waals surface area contributed by atoms with Crippen LogP contribution in [0.3, 0.4) is 0 Å². The Morgan fingerprint density at radius 2 is 2.17 bits per heavy atom. The lowest BCUT2D eigenvalue weighted by Crippen LogP contribution is -2.56. The average Bonchev–Trinajstić information content (AvgIpc) is 3.21. The molecule has 2 aliphatic rings. The number of nitrogens with zero attached hydrogens (tertiary/aromatic N) is 1. The summed E-state index contributed by atoms with van der Waals surface area (Å²) in [4.78, 5) is 15.4. The van der Waals surface area contributed by atoms with Gasteiger partial charge in [-0.1, -0.05) is 11.6 Å². The van der Waals surface area contributed by atoms with Crippen LogP contribution in [0, 0.1) is 17.6 Å². The summed E-state index contributed by atoms with van der Waals surface area (Å²) in [7, 11) is 0. The van der Waals surface area contributed by atoms with Crippen molar-refractivity contribution in [2.45, 2.75) is 31.8 Å². The topological polar surface area (TPSA) is 32.3 Å². The number of carbonyl (C=O) groups excluding carboxylic acids is 1. The van der Waals surface area contributed by atoms with Gasteiger partial charge < -0.3 is 5.32 Å². The minimum Gasteiger partial charge on any atom is -0.346 e. The first-order valence-electron chi connectivity index (χ1n) is 7.92. The van der Waals surface area contributed by atoms with Gasteiger partial charge in [0.2, 0.25) is 0 Å². The predicted octanol–water partition coefficient (Wildman–Crippen LogP) is 4.05. The van der Waals surface area contributed by atoms with Gasteiger partial charge in [-0.25, -0.2) is 8.78 Å². The fourth-order valence-electron chi connectivity index (χ4n) is 4.06. The van der Waals surface area contributed by atoms with Crippen molar-refractivity contribution in [1.82, 2.24) is 10.2 Å². The van der Waals surface area contributed by atoms with Crippen molar-refractivity contribution >= 4 is 38.9 Å². The number of carbonyl (C=O) groups is 1. The van der Waals surface area contributed by atoms with Crippen molar-refractivity contribution in [3.63, 3.8) is 0 Å². The van der Waals surface area contributed by atoms with Crippen molar-refractivity contribution < 1.29 is 13.6 Å². The average molecular weight is 371 g/mol. The van der Waals surface area contributed by atoms with Crippen LogP contribution in [-0.2, 0) is 0 Å². The van der Waals surface area contributed by atoms with E-state index in [1.807, 2.05) is 0 Å². The van der Waals surface area contributed by atoms with Crippen LogP contribution in [0.2, 0.25) is 5.02 Å². The van der Waals surface area contributed by atoms with E-state index >= 15 is 0 Å². The molecule has 7 heteroatoms. The first-order chi connectivity index (χ1) is 11.3. The Balaban J connectivity index is 1.64. The van der Waals surface area contributed by atoms with E-state index in [0.717, 1.165) is 30.8 Å². The first-order valence-corrected chi connectivity index (χ1v) is 9.11. The fraction of sp³-hybridized carbons (Fsp3) is 0.471. The van der Waals surface area contributed by atoms with E-state index < -0.39 is 16.7 Å². The van der Waals surface area contributed by atoms with Crippen molar-refractivity contribution in [2.24, 2.45) is 5.92 Å². The van der Waals surface area contributed by atoms with E-state index in [0.29, 0.717) is 16.2 Å². The second kappa shape index (κ2) is 5.38. The van der Waals surface area contributed by atoms with Crippen LogP contribution in [-0.4, -0.2) is 35.5 Å². The van der Waals surface area contributed by atoms with Crippen LogP contribution in [0.1, 0.15) is 29.9 Å². The highest BCUT2D eigenvalue weighted by Crippen LogP contribution is 2.41. The third kappa shape index (κ3) is 2.27. The number of fused-ring (bicyclic) bond motifs is 3. The van der Waals surface area contributed by atoms with Gasteiger partial charge in [0.05, 0.1) is 15.6 Å². The zero-order valence-electron chi connectivity index (χ0n) is 13.3. The normalized spacial score (nSPS) is 27.8. The highest BCUT2D eigenvalue weighted by Gasteiger charge is 2.51. The molecule has 1 N–H and O–H groups in total. The van der Waals surface area contributed by atoms with E-state index in [9.17, 15) is 13.6 Å². The van der Waals surface area contributed by atoms with E-state index in [-0.39, 0.29) is 22.2 Å². The molecule has 2 aromatic rings. The molecule has 4 rings (SSSR count). The van der Waals surface area contributed by atoms with Crippen LogP contribution in [0.5, 0.6) is 0 Å². The highest BCUT2D eigenvalue weighted by atomic mass is 35.5. The highest BCUT2D eigenvalue weighted by molar-refractivity contribution is 7.20. The Labute approximate surface area is 147 Å². The maximum Gasteiger partial charge on any atom is 0.261 e.